The van der Waals surface area contributed by atoms with Gasteiger partial charge < -0.3 is 10.1 Å². The number of aryl methyl sites for hydroxylation is 1. The van der Waals surface area contributed by atoms with Gasteiger partial charge in [-0.2, -0.15) is 14.5 Å². The summed E-state index contributed by atoms with van der Waals surface area (Å²) in [6, 6.07) is 4.03. The van der Waals surface area contributed by atoms with Gasteiger partial charge in [-0.15, -0.1) is 0 Å². The van der Waals surface area contributed by atoms with Gasteiger partial charge in [0, 0.05) is 32.5 Å². The van der Waals surface area contributed by atoms with Gasteiger partial charge in [-0.1, -0.05) is 11.3 Å². The van der Waals surface area contributed by atoms with Crippen molar-refractivity contribution in [3.8, 4) is 5.75 Å². The minimum atomic E-state index is -0.530. The summed E-state index contributed by atoms with van der Waals surface area (Å²) in [5.41, 5.74) is 1.68. The molecule has 0 spiro atoms. The Hall–Kier alpha value is -2.59. The predicted molar refractivity (Wildman–Crippen MR) is 103 cm³/mol. The molecule has 148 valence electrons. The van der Waals surface area contributed by atoms with Gasteiger partial charge in [-0.25, -0.2) is 9.50 Å². The van der Waals surface area contributed by atoms with Crippen LogP contribution in [0.3, 0.4) is 0 Å². The molecule has 3 aromatic heterocycles. The first-order chi connectivity index (χ1) is 13.4. The van der Waals surface area contributed by atoms with Crippen LogP contribution in [0.1, 0.15) is 30.8 Å². The van der Waals surface area contributed by atoms with Crippen molar-refractivity contribution in [1.82, 2.24) is 24.5 Å². The predicted octanol–water partition coefficient (Wildman–Crippen LogP) is 2.63. The van der Waals surface area contributed by atoms with Gasteiger partial charge in [0.25, 0.3) is 0 Å². The highest BCUT2D eigenvalue weighted by Gasteiger charge is 2.32. The number of hydrogen-bond donors (Lipinski definition) is 1. The number of ether oxygens (including phenoxy) is 1. The van der Waals surface area contributed by atoms with Crippen LogP contribution >= 0.6 is 11.3 Å². The van der Waals surface area contributed by atoms with Gasteiger partial charge in [-0.05, 0) is 26.0 Å². The average Bonchev–Trinajstić information content (AvgIpc) is 3.31. The fourth-order valence-electron chi connectivity index (χ4n) is 3.47. The molecule has 0 radical (unpaired) electrons. The maximum Gasteiger partial charge on any atom is 0.230 e. The molecule has 0 aliphatic carbocycles. The minimum absolute atomic E-state index is 0.000434. The van der Waals surface area contributed by atoms with Crippen LogP contribution in [0.2, 0.25) is 0 Å². The second-order valence-electron chi connectivity index (χ2n) is 6.98. The first-order valence-electron chi connectivity index (χ1n) is 9.03. The van der Waals surface area contributed by atoms with Crippen LogP contribution in [0.15, 0.2) is 18.5 Å². The number of pyridine rings is 1. The summed E-state index contributed by atoms with van der Waals surface area (Å²) in [5.74, 6) is -0.0187. The zero-order valence-corrected chi connectivity index (χ0v) is 16.7. The van der Waals surface area contributed by atoms with Crippen LogP contribution in [0.5, 0.6) is 5.75 Å². The van der Waals surface area contributed by atoms with E-state index in [1.54, 1.807) is 4.52 Å². The van der Waals surface area contributed by atoms with Crippen molar-refractivity contribution in [1.29, 1.82) is 0 Å². The standard InChI is InChI=1S/C18H21FN6O2S/c1-10-6-13(27-14-4-5-16-20-9-21-25(16)11(14)2)7-24(10)8-15-17(19)23-18(28-15)22-12(3)26/h4-5,9-10,13H,6-8H2,1-3H3,(H,22,23,26). The molecule has 3 aromatic rings. The van der Waals surface area contributed by atoms with E-state index in [0.717, 1.165) is 23.5 Å². The molecule has 10 heteroatoms. The Labute approximate surface area is 165 Å². The average molecular weight is 404 g/mol. The summed E-state index contributed by atoms with van der Waals surface area (Å²) in [7, 11) is 0. The monoisotopic (exact) mass is 404 g/mol. The summed E-state index contributed by atoms with van der Waals surface area (Å²) in [6.45, 7) is 6.55. The van der Waals surface area contributed by atoms with Gasteiger partial charge in [-0.3, -0.25) is 9.69 Å². The van der Waals surface area contributed by atoms with E-state index in [1.165, 1.54) is 24.6 Å². The summed E-state index contributed by atoms with van der Waals surface area (Å²) < 4.78 is 22.1. The first-order valence-corrected chi connectivity index (χ1v) is 9.85. The van der Waals surface area contributed by atoms with Crippen LogP contribution < -0.4 is 10.1 Å². The Morgan fingerprint density at radius 2 is 2.29 bits per heavy atom. The van der Waals surface area contributed by atoms with Crippen molar-refractivity contribution < 1.29 is 13.9 Å². The van der Waals surface area contributed by atoms with Crippen LogP contribution in [-0.4, -0.2) is 49.1 Å². The number of aromatic nitrogens is 4. The number of nitrogens with one attached hydrogen (secondary N) is 1. The molecule has 1 fully saturated rings. The lowest BCUT2D eigenvalue weighted by Gasteiger charge is -2.19. The van der Waals surface area contributed by atoms with Crippen molar-refractivity contribution in [2.75, 3.05) is 11.9 Å². The normalized spacial score (nSPS) is 20.0. The molecule has 0 bridgehead atoms. The molecule has 4 heterocycles. The number of fused-ring (bicyclic) bond motifs is 1. The van der Waals surface area contributed by atoms with Crippen molar-refractivity contribution in [3.63, 3.8) is 0 Å². The molecule has 8 nitrogen and oxygen atoms in total. The first kappa shape index (κ1) is 18.8. The van der Waals surface area contributed by atoms with Gasteiger partial charge in [0.2, 0.25) is 11.9 Å². The number of anilines is 1. The maximum atomic E-state index is 14.1. The third-order valence-electron chi connectivity index (χ3n) is 4.87. The number of rotatable bonds is 5. The van der Waals surface area contributed by atoms with E-state index in [9.17, 15) is 9.18 Å². The SMILES string of the molecule is CC(=O)Nc1nc(F)c(CN2CC(Oc3ccc4ncnn4c3C)CC2C)s1. The molecule has 2 unspecified atom stereocenters. The Morgan fingerprint density at radius 1 is 1.46 bits per heavy atom. The van der Waals surface area contributed by atoms with E-state index in [2.05, 4.69) is 32.2 Å². The Bertz CT molecular complexity index is 1020. The van der Waals surface area contributed by atoms with Gasteiger partial charge in [0.15, 0.2) is 10.8 Å². The lowest BCUT2D eigenvalue weighted by atomic mass is 10.2. The van der Waals surface area contributed by atoms with Gasteiger partial charge in [0.1, 0.15) is 18.2 Å². The summed E-state index contributed by atoms with van der Waals surface area (Å²) >= 11 is 1.17. The summed E-state index contributed by atoms with van der Waals surface area (Å²) in [6.07, 6.45) is 2.36. The van der Waals surface area contributed by atoms with Gasteiger partial charge in [0.05, 0.1) is 10.6 Å². The summed E-state index contributed by atoms with van der Waals surface area (Å²) in [4.78, 5) is 21.8. The van der Waals surface area contributed by atoms with E-state index in [4.69, 9.17) is 4.74 Å². The molecular formula is C18H21FN6O2S. The molecule has 1 saturated heterocycles. The number of nitrogens with zero attached hydrogens (tertiary/aromatic N) is 5. The number of thiazole rings is 1. The lowest BCUT2D eigenvalue weighted by Crippen LogP contribution is -2.28. The second-order valence-corrected chi connectivity index (χ2v) is 8.06. The number of amides is 1. The third-order valence-corrected chi connectivity index (χ3v) is 5.80. The Morgan fingerprint density at radius 3 is 3.07 bits per heavy atom. The van der Waals surface area contributed by atoms with Crippen LogP contribution in [0.4, 0.5) is 9.52 Å². The highest BCUT2D eigenvalue weighted by molar-refractivity contribution is 7.15. The van der Waals surface area contributed by atoms with Crippen LogP contribution in [-0.2, 0) is 11.3 Å². The highest BCUT2D eigenvalue weighted by Crippen LogP contribution is 2.29. The van der Waals surface area contributed by atoms with Crippen LogP contribution in [0.25, 0.3) is 5.65 Å². The quantitative estimate of drug-likeness (QED) is 0.704. The second kappa shape index (κ2) is 7.44. The fourth-order valence-corrected chi connectivity index (χ4v) is 4.39. The fraction of sp³-hybridized carbons (Fsp3) is 0.444. The van der Waals surface area contributed by atoms with E-state index < -0.39 is 5.95 Å². The number of likely N-dealkylation sites (tertiary alicyclic amines) is 1. The molecular weight excluding hydrogens is 383 g/mol. The number of halogens is 1. The molecule has 1 amide bonds. The van der Waals surface area contributed by atoms with Crippen LogP contribution in [0, 0.1) is 12.9 Å². The summed E-state index contributed by atoms with van der Waals surface area (Å²) in [5, 5.41) is 7.03. The molecule has 2 atom stereocenters. The zero-order chi connectivity index (χ0) is 19.8. The highest BCUT2D eigenvalue weighted by atomic mass is 32.1. The number of carbonyl (C=O) groups is 1. The lowest BCUT2D eigenvalue weighted by molar-refractivity contribution is -0.114. The Kier molecular flexibility index (Phi) is 4.98. The van der Waals surface area contributed by atoms with E-state index >= 15 is 0 Å². The van der Waals surface area contributed by atoms with Crippen molar-refractivity contribution in [2.45, 2.75) is 45.9 Å². The maximum absolute atomic E-state index is 14.1. The number of carbonyl (C=O) groups excluding carboxylic acids is 1. The van der Waals surface area contributed by atoms with Crippen molar-refractivity contribution in [3.05, 3.63) is 35.0 Å². The minimum Gasteiger partial charge on any atom is -0.487 e. The molecule has 4 rings (SSSR count). The molecule has 1 aliphatic rings. The van der Waals surface area contributed by atoms with Gasteiger partial charge >= 0.3 is 0 Å². The third kappa shape index (κ3) is 3.69. The van der Waals surface area contributed by atoms with Crippen molar-refractivity contribution >= 4 is 28.0 Å². The molecule has 0 aromatic carbocycles. The molecule has 28 heavy (non-hydrogen) atoms. The molecule has 1 aliphatic heterocycles. The molecule has 0 saturated carbocycles. The van der Waals surface area contributed by atoms with E-state index in [-0.39, 0.29) is 23.2 Å². The van der Waals surface area contributed by atoms with Crippen molar-refractivity contribution in [2.24, 2.45) is 0 Å². The topological polar surface area (TPSA) is 84.7 Å². The number of hydrogen-bond acceptors (Lipinski definition) is 7. The smallest absolute Gasteiger partial charge is 0.230 e. The van der Waals surface area contributed by atoms with E-state index in [0.29, 0.717) is 18.0 Å². The largest absolute Gasteiger partial charge is 0.487 e. The Balaban J connectivity index is 1.43. The molecule has 1 N–H and O–H groups in total. The van der Waals surface area contributed by atoms with E-state index in [1.807, 2.05) is 19.1 Å². The zero-order valence-electron chi connectivity index (χ0n) is 15.8.